The van der Waals surface area contributed by atoms with Crippen molar-refractivity contribution < 1.29 is 13.6 Å². The number of piperidine rings is 2. The summed E-state index contributed by atoms with van der Waals surface area (Å²) in [6.07, 6.45) is 7.31. The Kier molecular flexibility index (Phi) is 5.28. The molecular formula is C24H23F2N5O. The molecule has 1 aromatic carbocycles. The van der Waals surface area contributed by atoms with Gasteiger partial charge in [0, 0.05) is 36.7 Å². The maximum atomic E-state index is 14.9. The molecule has 3 unspecified atom stereocenters. The summed E-state index contributed by atoms with van der Waals surface area (Å²) in [5.74, 6) is -0.649. The molecule has 32 heavy (non-hydrogen) atoms. The van der Waals surface area contributed by atoms with Gasteiger partial charge in [-0.1, -0.05) is 12.1 Å². The Morgan fingerprint density at radius 2 is 1.91 bits per heavy atom. The maximum absolute atomic E-state index is 14.9. The smallest absolute Gasteiger partial charge is 0.257 e. The van der Waals surface area contributed by atoms with Crippen LogP contribution in [0.3, 0.4) is 0 Å². The van der Waals surface area contributed by atoms with E-state index in [9.17, 15) is 13.6 Å². The Morgan fingerprint density at radius 1 is 1.09 bits per heavy atom. The molecule has 6 rings (SSSR count). The van der Waals surface area contributed by atoms with Crippen LogP contribution in [0.2, 0.25) is 0 Å². The molecule has 6 nitrogen and oxygen atoms in total. The van der Waals surface area contributed by atoms with Gasteiger partial charge in [0.1, 0.15) is 5.82 Å². The van der Waals surface area contributed by atoms with E-state index >= 15 is 0 Å². The van der Waals surface area contributed by atoms with Crippen molar-refractivity contribution in [3.63, 3.8) is 0 Å². The highest BCUT2D eigenvalue weighted by Gasteiger charge is 2.44. The highest BCUT2D eigenvalue weighted by molar-refractivity contribution is 6.00. The lowest BCUT2D eigenvalue weighted by molar-refractivity contribution is 0.0278. The number of aryl methyl sites for hydroxylation is 1. The molecule has 0 spiro atoms. The first-order valence-corrected chi connectivity index (χ1v) is 10.8. The van der Waals surface area contributed by atoms with E-state index in [1.165, 1.54) is 12.1 Å². The molecule has 2 aromatic heterocycles. The molecule has 2 bridgehead atoms. The molecule has 3 aromatic rings. The highest BCUT2D eigenvalue weighted by Crippen LogP contribution is 2.38. The number of hydrogen-bond acceptors (Lipinski definition) is 5. The van der Waals surface area contributed by atoms with Crippen LogP contribution in [0.25, 0.3) is 11.4 Å². The molecule has 2 saturated heterocycles. The Bertz CT molecular complexity index is 1160. The summed E-state index contributed by atoms with van der Waals surface area (Å²) in [5, 5.41) is 3.21. The minimum Gasteiger partial charge on any atom is -0.363 e. The average Bonchev–Trinajstić information content (AvgIpc) is 2.81. The third-order valence-corrected chi connectivity index (χ3v) is 6.37. The summed E-state index contributed by atoms with van der Waals surface area (Å²) in [4.78, 5) is 27.9. The summed E-state index contributed by atoms with van der Waals surface area (Å²) in [5.41, 5.74) is 1.09. The number of amides is 1. The lowest BCUT2D eigenvalue weighted by Crippen LogP contribution is -2.60. The van der Waals surface area contributed by atoms with Crippen molar-refractivity contribution in [3.05, 3.63) is 71.7 Å². The van der Waals surface area contributed by atoms with Crippen molar-refractivity contribution >= 4 is 11.7 Å². The van der Waals surface area contributed by atoms with E-state index in [1.807, 2.05) is 0 Å². The van der Waals surface area contributed by atoms with Crippen LogP contribution in [0.5, 0.6) is 0 Å². The minimum absolute atomic E-state index is 0.0235. The van der Waals surface area contributed by atoms with Crippen molar-refractivity contribution in [1.29, 1.82) is 0 Å². The molecule has 0 radical (unpaired) electrons. The van der Waals surface area contributed by atoms with E-state index in [2.05, 4.69) is 20.3 Å². The van der Waals surface area contributed by atoms with Crippen LogP contribution in [0.1, 0.15) is 35.2 Å². The second-order valence-electron chi connectivity index (χ2n) is 8.53. The van der Waals surface area contributed by atoms with Crippen LogP contribution in [0, 0.1) is 24.5 Å². The van der Waals surface area contributed by atoms with Crippen LogP contribution in [0.15, 0.2) is 48.9 Å². The van der Waals surface area contributed by atoms with E-state index in [-0.39, 0.29) is 35.3 Å². The van der Waals surface area contributed by atoms with Crippen molar-refractivity contribution in [2.24, 2.45) is 5.92 Å². The second kappa shape index (κ2) is 8.26. The molecule has 3 fully saturated rings. The summed E-state index contributed by atoms with van der Waals surface area (Å²) in [6.45, 7) is 2.33. The largest absolute Gasteiger partial charge is 0.363 e. The number of rotatable bonds is 4. The van der Waals surface area contributed by atoms with Crippen LogP contribution in [-0.2, 0) is 0 Å². The van der Waals surface area contributed by atoms with Crippen LogP contribution in [-0.4, -0.2) is 44.4 Å². The Balaban J connectivity index is 1.46. The number of halogens is 2. The number of aromatic nitrogens is 3. The van der Waals surface area contributed by atoms with Gasteiger partial charge in [0.25, 0.3) is 5.91 Å². The molecule has 8 heteroatoms. The number of nitrogens with one attached hydrogen (secondary N) is 1. The molecule has 2 aliphatic heterocycles. The zero-order valence-corrected chi connectivity index (χ0v) is 17.6. The van der Waals surface area contributed by atoms with Crippen LogP contribution >= 0.6 is 0 Å². The van der Waals surface area contributed by atoms with Gasteiger partial charge < -0.3 is 10.2 Å². The van der Waals surface area contributed by atoms with Gasteiger partial charge in [-0.15, -0.1) is 0 Å². The molecule has 4 heterocycles. The van der Waals surface area contributed by atoms with E-state index in [4.69, 9.17) is 0 Å². The van der Waals surface area contributed by atoms with Gasteiger partial charge in [0.15, 0.2) is 17.5 Å². The highest BCUT2D eigenvalue weighted by atomic mass is 19.1. The second-order valence-corrected chi connectivity index (χ2v) is 8.53. The SMILES string of the molecule is Cc1cnc(NC2CC3CCC2N(C(=O)c2c(F)cccc2-c2ncccn2)C3)c(F)c1. The number of nitrogens with zero attached hydrogens (tertiary/aromatic N) is 4. The predicted octanol–water partition coefficient (Wildman–Crippen LogP) is 4.23. The predicted molar refractivity (Wildman–Crippen MR) is 116 cm³/mol. The molecule has 1 saturated carbocycles. The summed E-state index contributed by atoms with van der Waals surface area (Å²) in [6, 6.07) is 7.26. The van der Waals surface area contributed by atoms with Gasteiger partial charge in [-0.05, 0) is 55.9 Å². The van der Waals surface area contributed by atoms with Gasteiger partial charge in [-0.25, -0.2) is 23.7 Å². The average molecular weight is 435 g/mol. The Labute approximate surface area is 184 Å². The normalized spacial score (nSPS) is 22.1. The topological polar surface area (TPSA) is 71.0 Å². The van der Waals surface area contributed by atoms with Crippen LogP contribution < -0.4 is 5.32 Å². The molecule has 1 amide bonds. The standard InChI is InChI=1S/C24H23F2N5O/c1-14-10-18(26)23(29-12-14)30-19-11-15-6-7-20(19)31(13-15)24(32)21-16(4-2-5-17(21)25)22-27-8-3-9-28-22/h2-5,8-10,12,15,19-20H,6-7,11,13H2,1H3,(H,29,30). The van der Waals surface area contributed by atoms with Crippen LogP contribution in [0.4, 0.5) is 14.6 Å². The monoisotopic (exact) mass is 435 g/mol. The summed E-state index contributed by atoms with van der Waals surface area (Å²) < 4.78 is 29.3. The third-order valence-electron chi connectivity index (χ3n) is 6.37. The Hall–Kier alpha value is -3.42. The molecule has 1 aliphatic carbocycles. The number of carbonyl (C=O) groups excluding carboxylic acids is 1. The van der Waals surface area contributed by atoms with Gasteiger partial charge in [-0.3, -0.25) is 4.79 Å². The van der Waals surface area contributed by atoms with E-state index in [0.717, 1.165) is 24.8 Å². The first kappa shape index (κ1) is 20.5. The summed E-state index contributed by atoms with van der Waals surface area (Å²) in [7, 11) is 0. The van der Waals surface area contributed by atoms with Gasteiger partial charge in [-0.2, -0.15) is 0 Å². The fourth-order valence-electron chi connectivity index (χ4n) is 4.91. The fraction of sp³-hybridized carbons (Fsp3) is 0.333. The number of hydrogen-bond donors (Lipinski definition) is 1. The molecule has 3 atom stereocenters. The lowest BCUT2D eigenvalue weighted by atomic mass is 9.76. The van der Waals surface area contributed by atoms with Crippen molar-refractivity contribution in [2.45, 2.75) is 38.3 Å². The van der Waals surface area contributed by atoms with E-state index in [0.29, 0.717) is 17.9 Å². The zero-order chi connectivity index (χ0) is 22.2. The molecule has 1 N–H and O–H groups in total. The number of anilines is 1. The number of pyridine rings is 1. The van der Waals surface area contributed by atoms with Crippen molar-refractivity contribution in [2.75, 3.05) is 11.9 Å². The molecule has 164 valence electrons. The van der Waals surface area contributed by atoms with Gasteiger partial charge >= 0.3 is 0 Å². The number of fused-ring (bicyclic) bond motifs is 3. The van der Waals surface area contributed by atoms with Crippen molar-refractivity contribution in [1.82, 2.24) is 19.9 Å². The van der Waals surface area contributed by atoms with Gasteiger partial charge in [0.05, 0.1) is 11.6 Å². The fourth-order valence-corrected chi connectivity index (χ4v) is 4.91. The maximum Gasteiger partial charge on any atom is 0.257 e. The first-order valence-electron chi connectivity index (χ1n) is 10.8. The minimum atomic E-state index is -0.600. The third kappa shape index (κ3) is 3.70. The molecule has 3 aliphatic rings. The van der Waals surface area contributed by atoms with Gasteiger partial charge in [0.2, 0.25) is 0 Å². The number of carbonyl (C=O) groups is 1. The number of benzene rings is 1. The summed E-state index contributed by atoms with van der Waals surface area (Å²) >= 11 is 0. The zero-order valence-electron chi connectivity index (χ0n) is 17.6. The van der Waals surface area contributed by atoms with Crippen molar-refractivity contribution in [3.8, 4) is 11.4 Å². The Morgan fingerprint density at radius 3 is 2.66 bits per heavy atom. The molecular weight excluding hydrogens is 412 g/mol. The first-order chi connectivity index (χ1) is 15.5. The lowest BCUT2D eigenvalue weighted by Gasteiger charge is -2.50. The van der Waals surface area contributed by atoms with E-state index < -0.39 is 11.6 Å². The van der Waals surface area contributed by atoms with E-state index in [1.54, 1.807) is 48.6 Å². The quantitative estimate of drug-likeness (QED) is 0.664.